The van der Waals surface area contributed by atoms with E-state index in [0.717, 1.165) is 0 Å². The lowest BCUT2D eigenvalue weighted by Gasteiger charge is -2.24. The summed E-state index contributed by atoms with van der Waals surface area (Å²) in [5.74, 6) is -2.32. The molecular formula is C22H22N2O7. The molecule has 1 aliphatic rings. The summed E-state index contributed by atoms with van der Waals surface area (Å²) >= 11 is 0. The summed E-state index contributed by atoms with van der Waals surface area (Å²) in [7, 11) is 1.40. The molecule has 1 unspecified atom stereocenters. The van der Waals surface area contributed by atoms with E-state index < -0.39 is 35.5 Å². The Balaban J connectivity index is 1.89. The molecule has 0 bridgehead atoms. The van der Waals surface area contributed by atoms with Crippen molar-refractivity contribution in [2.24, 2.45) is 0 Å². The van der Waals surface area contributed by atoms with Gasteiger partial charge in [0.2, 0.25) is 0 Å². The van der Waals surface area contributed by atoms with Gasteiger partial charge >= 0.3 is 12.1 Å². The normalized spacial score (nSPS) is 14.0. The van der Waals surface area contributed by atoms with Crippen LogP contribution in [0.1, 0.15) is 53.1 Å². The summed E-state index contributed by atoms with van der Waals surface area (Å²) in [6, 6.07) is 11.2. The number of amides is 3. The number of methoxy groups -OCH3 is 1. The maximum atomic E-state index is 13.0. The summed E-state index contributed by atoms with van der Waals surface area (Å²) in [4.78, 5) is 55.6. The van der Waals surface area contributed by atoms with Crippen molar-refractivity contribution in [3.8, 4) is 5.75 Å². The first kappa shape index (κ1) is 21.8. The van der Waals surface area contributed by atoms with E-state index in [2.05, 4.69) is 5.32 Å². The van der Waals surface area contributed by atoms with E-state index in [1.807, 2.05) is 0 Å². The minimum atomic E-state index is -1.41. The molecule has 0 saturated carbocycles. The number of benzene rings is 2. The minimum Gasteiger partial charge on any atom is -0.496 e. The van der Waals surface area contributed by atoms with Crippen molar-refractivity contribution in [1.29, 1.82) is 0 Å². The van der Waals surface area contributed by atoms with Gasteiger partial charge in [-0.25, -0.2) is 9.59 Å². The number of hydrogen-bond donors (Lipinski definition) is 1. The Hall–Kier alpha value is -3.88. The zero-order valence-corrected chi connectivity index (χ0v) is 17.5. The number of carbonyl (C=O) groups excluding carboxylic acids is 4. The molecule has 0 fully saturated rings. The number of ether oxygens (including phenoxy) is 2. The third-order valence-electron chi connectivity index (χ3n) is 4.28. The first-order chi connectivity index (χ1) is 14.6. The number of carbonyl (C=O) groups is 4. The third-order valence-corrected chi connectivity index (χ3v) is 4.28. The van der Waals surface area contributed by atoms with Crippen LogP contribution < -0.4 is 10.1 Å². The fourth-order valence-electron chi connectivity index (χ4n) is 2.99. The third kappa shape index (κ3) is 4.66. The van der Waals surface area contributed by atoms with Gasteiger partial charge in [-0.05, 0) is 39.0 Å². The second-order valence-corrected chi connectivity index (χ2v) is 7.68. The Morgan fingerprint density at radius 1 is 0.935 bits per heavy atom. The van der Waals surface area contributed by atoms with Crippen LogP contribution >= 0.6 is 0 Å². The van der Waals surface area contributed by atoms with Gasteiger partial charge in [-0.3, -0.25) is 9.59 Å². The minimum absolute atomic E-state index is 0.120. The smallest absolute Gasteiger partial charge is 0.408 e. The van der Waals surface area contributed by atoms with Gasteiger partial charge < -0.3 is 19.6 Å². The number of nitrogens with zero attached hydrogens (tertiary/aromatic N) is 1. The first-order valence-corrected chi connectivity index (χ1v) is 9.44. The Kier molecular flexibility index (Phi) is 5.96. The monoisotopic (exact) mass is 426 g/mol. The van der Waals surface area contributed by atoms with E-state index in [1.54, 1.807) is 57.2 Å². The Bertz CT molecular complexity index is 1010. The van der Waals surface area contributed by atoms with E-state index in [0.29, 0.717) is 10.8 Å². The van der Waals surface area contributed by atoms with Crippen molar-refractivity contribution in [1.82, 2.24) is 10.4 Å². The highest BCUT2D eigenvalue weighted by molar-refractivity contribution is 6.21. The first-order valence-electron chi connectivity index (χ1n) is 9.44. The molecule has 162 valence electrons. The van der Waals surface area contributed by atoms with E-state index in [-0.39, 0.29) is 16.7 Å². The molecule has 2 aromatic rings. The highest BCUT2D eigenvalue weighted by Crippen LogP contribution is 2.28. The number of nitrogens with one attached hydrogen (secondary N) is 1. The number of fused-ring (bicyclic) bond motifs is 1. The summed E-state index contributed by atoms with van der Waals surface area (Å²) in [5, 5.41) is 2.81. The topological polar surface area (TPSA) is 111 Å². The molecular weight excluding hydrogens is 404 g/mol. The largest absolute Gasteiger partial charge is 0.496 e. The highest BCUT2D eigenvalue weighted by atomic mass is 16.7. The molecule has 1 N–H and O–H groups in total. The molecule has 1 heterocycles. The fraction of sp³-hybridized carbons (Fsp3) is 0.273. The lowest BCUT2D eigenvalue weighted by atomic mass is 10.1. The van der Waals surface area contributed by atoms with Gasteiger partial charge in [0, 0.05) is 5.56 Å². The molecule has 0 spiro atoms. The van der Waals surface area contributed by atoms with Gasteiger partial charge in [0.15, 0.2) is 6.04 Å². The molecule has 31 heavy (non-hydrogen) atoms. The van der Waals surface area contributed by atoms with Crippen molar-refractivity contribution in [3.63, 3.8) is 0 Å². The van der Waals surface area contributed by atoms with Crippen LogP contribution in [0.4, 0.5) is 4.79 Å². The summed E-state index contributed by atoms with van der Waals surface area (Å²) < 4.78 is 10.5. The quantitative estimate of drug-likeness (QED) is 0.732. The van der Waals surface area contributed by atoms with E-state index in [4.69, 9.17) is 14.3 Å². The zero-order valence-electron chi connectivity index (χ0n) is 17.5. The standard InChI is InChI=1S/C22H22N2O7/c1-22(2,3)30-21(28)23-17(15-11-7-8-12-16(15)29-4)20(27)31-24-18(25)13-9-5-6-10-14(13)19(24)26/h5-12,17H,1-4H3,(H,23,28). The van der Waals surface area contributed by atoms with Crippen LogP contribution in [0.2, 0.25) is 0 Å². The molecule has 1 atom stereocenters. The van der Waals surface area contributed by atoms with Gasteiger partial charge in [-0.15, -0.1) is 0 Å². The van der Waals surface area contributed by atoms with Crippen LogP contribution in [-0.2, 0) is 14.4 Å². The molecule has 3 amide bonds. The zero-order chi connectivity index (χ0) is 22.8. The Labute approximate surface area is 178 Å². The Morgan fingerprint density at radius 2 is 1.48 bits per heavy atom. The van der Waals surface area contributed by atoms with Crippen LogP contribution in [0.3, 0.4) is 0 Å². The van der Waals surface area contributed by atoms with Crippen molar-refractivity contribution in [3.05, 3.63) is 65.2 Å². The maximum absolute atomic E-state index is 13.0. The molecule has 2 aromatic carbocycles. The molecule has 0 aromatic heterocycles. The average molecular weight is 426 g/mol. The SMILES string of the molecule is COc1ccccc1C(NC(=O)OC(C)(C)C)C(=O)ON1C(=O)c2ccccc2C1=O. The molecule has 9 heteroatoms. The van der Waals surface area contributed by atoms with E-state index >= 15 is 0 Å². The number of hydrogen-bond acceptors (Lipinski definition) is 7. The van der Waals surface area contributed by atoms with Gasteiger partial charge in [0.25, 0.3) is 11.8 Å². The molecule has 1 aliphatic heterocycles. The second kappa shape index (κ2) is 8.47. The van der Waals surface area contributed by atoms with Crippen LogP contribution in [0.5, 0.6) is 5.75 Å². The summed E-state index contributed by atoms with van der Waals surface area (Å²) in [6.07, 6.45) is -0.886. The summed E-state index contributed by atoms with van der Waals surface area (Å²) in [6.45, 7) is 5.01. The van der Waals surface area contributed by atoms with Gasteiger partial charge in [0.05, 0.1) is 18.2 Å². The lowest BCUT2D eigenvalue weighted by Crippen LogP contribution is -2.42. The number of para-hydroxylation sites is 1. The average Bonchev–Trinajstić information content (AvgIpc) is 2.96. The molecule has 0 aliphatic carbocycles. The number of imide groups is 1. The Morgan fingerprint density at radius 3 is 2.03 bits per heavy atom. The van der Waals surface area contributed by atoms with Crippen LogP contribution in [0.25, 0.3) is 0 Å². The van der Waals surface area contributed by atoms with Crippen molar-refractivity contribution in [2.45, 2.75) is 32.4 Å². The van der Waals surface area contributed by atoms with Gasteiger partial charge in [0.1, 0.15) is 11.4 Å². The maximum Gasteiger partial charge on any atom is 0.408 e. The predicted octanol–water partition coefficient (Wildman–Crippen LogP) is 3.02. The highest BCUT2D eigenvalue weighted by Gasteiger charge is 2.41. The number of hydroxylamine groups is 2. The summed E-state index contributed by atoms with van der Waals surface area (Å²) in [5.41, 5.74) is -0.317. The number of rotatable bonds is 5. The van der Waals surface area contributed by atoms with Crippen molar-refractivity contribution >= 4 is 23.9 Å². The molecule has 0 saturated heterocycles. The second-order valence-electron chi connectivity index (χ2n) is 7.68. The number of alkyl carbamates (subject to hydrolysis) is 1. The van der Waals surface area contributed by atoms with Gasteiger partial charge in [-0.1, -0.05) is 35.4 Å². The predicted molar refractivity (Wildman–Crippen MR) is 108 cm³/mol. The van der Waals surface area contributed by atoms with Crippen LogP contribution in [-0.4, -0.2) is 41.7 Å². The fourth-order valence-corrected chi connectivity index (χ4v) is 2.99. The van der Waals surface area contributed by atoms with E-state index in [9.17, 15) is 19.2 Å². The molecule has 3 rings (SSSR count). The van der Waals surface area contributed by atoms with Crippen LogP contribution in [0.15, 0.2) is 48.5 Å². The molecule has 9 nitrogen and oxygen atoms in total. The van der Waals surface area contributed by atoms with Crippen molar-refractivity contribution < 1.29 is 33.5 Å². The lowest BCUT2D eigenvalue weighted by molar-refractivity contribution is -0.171. The molecule has 0 radical (unpaired) electrons. The van der Waals surface area contributed by atoms with E-state index in [1.165, 1.54) is 19.2 Å². The van der Waals surface area contributed by atoms with Crippen molar-refractivity contribution in [2.75, 3.05) is 7.11 Å². The van der Waals surface area contributed by atoms with Crippen LogP contribution in [0, 0.1) is 0 Å². The van der Waals surface area contributed by atoms with Gasteiger partial charge in [-0.2, -0.15) is 0 Å².